The minimum atomic E-state index is -1.05. The van der Waals surface area contributed by atoms with Crippen LogP contribution in [0.25, 0.3) is 0 Å². The molecular weight excluding hydrogens is 260 g/mol. The molecule has 2 heterocycles. The van der Waals surface area contributed by atoms with E-state index in [0.29, 0.717) is 18.5 Å². The van der Waals surface area contributed by atoms with Gasteiger partial charge in [0, 0.05) is 6.54 Å². The molecule has 2 aromatic rings. The highest BCUT2D eigenvalue weighted by molar-refractivity contribution is 5.95. The molecule has 3 rings (SSSR count). The quantitative estimate of drug-likeness (QED) is 0.835. The maximum absolute atomic E-state index is 12.3. The van der Waals surface area contributed by atoms with E-state index in [1.54, 1.807) is 12.1 Å². The summed E-state index contributed by atoms with van der Waals surface area (Å²) in [7, 11) is 0. The third-order valence-electron chi connectivity index (χ3n) is 3.41. The molecule has 0 spiro atoms. The number of nitrogens with zero attached hydrogens (tertiary/aromatic N) is 3. The lowest BCUT2D eigenvalue weighted by atomic mass is 9.92. The monoisotopic (exact) mass is 272 g/mol. The van der Waals surface area contributed by atoms with Crippen LogP contribution in [0, 0.1) is 0 Å². The van der Waals surface area contributed by atoms with Gasteiger partial charge in [-0.15, -0.1) is 0 Å². The number of carboxylic acid groups (broad SMARTS) is 1. The first kappa shape index (κ1) is 12.3. The molecule has 102 valence electrons. The smallest absolute Gasteiger partial charge is 0.331 e. The number of benzene rings is 1. The van der Waals surface area contributed by atoms with Crippen molar-refractivity contribution in [2.45, 2.75) is 12.5 Å². The van der Waals surface area contributed by atoms with Gasteiger partial charge in [0.2, 0.25) is 0 Å². The van der Waals surface area contributed by atoms with E-state index in [-0.39, 0.29) is 5.69 Å². The van der Waals surface area contributed by atoms with Gasteiger partial charge < -0.3 is 10.0 Å². The molecule has 0 fully saturated rings. The number of hydrogen-bond acceptors (Lipinski definition) is 4. The molecule has 1 aromatic heterocycles. The van der Waals surface area contributed by atoms with E-state index >= 15 is 0 Å². The highest BCUT2D eigenvalue weighted by Gasteiger charge is 2.36. The Morgan fingerprint density at radius 2 is 2.15 bits per heavy atom. The van der Waals surface area contributed by atoms with E-state index in [9.17, 15) is 14.7 Å². The first-order valence-electron chi connectivity index (χ1n) is 6.16. The van der Waals surface area contributed by atoms with Gasteiger partial charge >= 0.3 is 5.97 Å². The molecule has 1 atom stereocenters. The predicted octanol–water partition coefficient (Wildman–Crippen LogP) is 0.629. The average molecular weight is 272 g/mol. The van der Waals surface area contributed by atoms with Crippen LogP contribution in [0.2, 0.25) is 0 Å². The molecule has 0 saturated carbocycles. The number of rotatable bonds is 2. The van der Waals surface area contributed by atoms with Gasteiger partial charge in [-0.2, -0.15) is 15.4 Å². The SMILES string of the molecule is O=C(O)C1c2ccccc2CCN1C(=O)c1cn[nH]n1. The van der Waals surface area contributed by atoms with Crippen LogP contribution in [-0.4, -0.2) is 43.8 Å². The number of H-pyrrole nitrogens is 1. The summed E-state index contributed by atoms with van der Waals surface area (Å²) in [5.41, 5.74) is 1.74. The normalized spacial score (nSPS) is 17.6. The fraction of sp³-hybridized carbons (Fsp3) is 0.231. The van der Waals surface area contributed by atoms with Crippen LogP contribution in [-0.2, 0) is 11.2 Å². The Kier molecular flexibility index (Phi) is 2.94. The highest BCUT2D eigenvalue weighted by atomic mass is 16.4. The molecule has 0 bridgehead atoms. The number of aromatic amines is 1. The Labute approximate surface area is 114 Å². The Hall–Kier alpha value is -2.70. The van der Waals surface area contributed by atoms with Gasteiger partial charge in [0.15, 0.2) is 11.7 Å². The number of carbonyl (C=O) groups is 2. The van der Waals surface area contributed by atoms with Gasteiger partial charge in [0.1, 0.15) is 0 Å². The van der Waals surface area contributed by atoms with E-state index in [1.807, 2.05) is 12.1 Å². The Morgan fingerprint density at radius 1 is 1.35 bits per heavy atom. The third-order valence-corrected chi connectivity index (χ3v) is 3.41. The van der Waals surface area contributed by atoms with Gasteiger partial charge in [-0.3, -0.25) is 4.79 Å². The summed E-state index contributed by atoms with van der Waals surface area (Å²) in [6.07, 6.45) is 1.92. The number of amides is 1. The maximum atomic E-state index is 12.3. The summed E-state index contributed by atoms with van der Waals surface area (Å²) in [4.78, 5) is 25.2. The van der Waals surface area contributed by atoms with E-state index in [2.05, 4.69) is 15.4 Å². The van der Waals surface area contributed by atoms with Crippen molar-refractivity contribution in [1.29, 1.82) is 0 Å². The van der Waals surface area contributed by atoms with Crippen molar-refractivity contribution in [2.75, 3.05) is 6.54 Å². The fourth-order valence-corrected chi connectivity index (χ4v) is 2.50. The summed E-state index contributed by atoms with van der Waals surface area (Å²) in [6.45, 7) is 0.347. The van der Waals surface area contributed by atoms with Gasteiger partial charge in [-0.25, -0.2) is 4.79 Å². The summed E-state index contributed by atoms with van der Waals surface area (Å²) >= 11 is 0. The van der Waals surface area contributed by atoms with Crippen molar-refractivity contribution >= 4 is 11.9 Å². The van der Waals surface area contributed by atoms with Gasteiger partial charge in [-0.1, -0.05) is 24.3 Å². The minimum Gasteiger partial charge on any atom is -0.479 e. The molecule has 1 aliphatic heterocycles. The average Bonchev–Trinajstić information content (AvgIpc) is 2.99. The first-order chi connectivity index (χ1) is 9.68. The molecular formula is C13H12N4O3. The van der Waals surface area contributed by atoms with E-state index in [1.165, 1.54) is 11.1 Å². The number of hydrogen-bond donors (Lipinski definition) is 2. The lowest BCUT2D eigenvalue weighted by Gasteiger charge is -2.34. The van der Waals surface area contributed by atoms with Crippen molar-refractivity contribution in [1.82, 2.24) is 20.3 Å². The number of fused-ring (bicyclic) bond motifs is 1. The number of carboxylic acids is 1. The molecule has 0 saturated heterocycles. The van der Waals surface area contributed by atoms with Crippen molar-refractivity contribution < 1.29 is 14.7 Å². The second-order valence-corrected chi connectivity index (χ2v) is 4.54. The summed E-state index contributed by atoms with van der Waals surface area (Å²) < 4.78 is 0. The molecule has 1 unspecified atom stereocenters. The number of aromatic nitrogens is 3. The molecule has 7 heteroatoms. The second kappa shape index (κ2) is 4.76. The number of aliphatic carboxylic acids is 1. The Bertz CT molecular complexity index is 653. The Morgan fingerprint density at radius 3 is 2.85 bits per heavy atom. The molecule has 1 aliphatic rings. The second-order valence-electron chi connectivity index (χ2n) is 4.54. The summed E-state index contributed by atoms with van der Waals surface area (Å²) in [6, 6.07) is 6.30. The van der Waals surface area contributed by atoms with Crippen molar-refractivity contribution in [3.63, 3.8) is 0 Å². The van der Waals surface area contributed by atoms with Crippen LogP contribution < -0.4 is 0 Å². The first-order valence-corrected chi connectivity index (χ1v) is 6.16. The number of nitrogens with one attached hydrogen (secondary N) is 1. The lowest BCUT2D eigenvalue weighted by Crippen LogP contribution is -2.43. The van der Waals surface area contributed by atoms with Crippen LogP contribution in [0.15, 0.2) is 30.5 Å². The van der Waals surface area contributed by atoms with Gasteiger partial charge in [0.25, 0.3) is 5.91 Å². The van der Waals surface area contributed by atoms with Crippen molar-refractivity contribution in [2.24, 2.45) is 0 Å². The molecule has 1 aromatic carbocycles. The van der Waals surface area contributed by atoms with Crippen LogP contribution in [0.1, 0.15) is 27.7 Å². The predicted molar refractivity (Wildman–Crippen MR) is 67.9 cm³/mol. The maximum Gasteiger partial charge on any atom is 0.331 e. The van der Waals surface area contributed by atoms with E-state index in [0.717, 1.165) is 5.56 Å². The highest BCUT2D eigenvalue weighted by Crippen LogP contribution is 2.30. The van der Waals surface area contributed by atoms with E-state index < -0.39 is 17.9 Å². The minimum absolute atomic E-state index is 0.121. The summed E-state index contributed by atoms with van der Waals surface area (Å²) in [5, 5.41) is 19.1. The molecule has 7 nitrogen and oxygen atoms in total. The van der Waals surface area contributed by atoms with E-state index in [4.69, 9.17) is 0 Å². The third kappa shape index (κ3) is 1.93. The van der Waals surface area contributed by atoms with Crippen LogP contribution in [0.3, 0.4) is 0 Å². The molecule has 0 radical (unpaired) electrons. The molecule has 1 amide bonds. The van der Waals surface area contributed by atoms with Crippen LogP contribution >= 0.6 is 0 Å². The van der Waals surface area contributed by atoms with Gasteiger partial charge in [-0.05, 0) is 17.5 Å². The van der Waals surface area contributed by atoms with Crippen molar-refractivity contribution in [3.8, 4) is 0 Å². The fourth-order valence-electron chi connectivity index (χ4n) is 2.50. The largest absolute Gasteiger partial charge is 0.479 e. The van der Waals surface area contributed by atoms with Gasteiger partial charge in [0.05, 0.1) is 6.20 Å². The zero-order chi connectivity index (χ0) is 14.1. The summed E-state index contributed by atoms with van der Waals surface area (Å²) in [5.74, 6) is -1.48. The van der Waals surface area contributed by atoms with Crippen molar-refractivity contribution in [3.05, 3.63) is 47.3 Å². The molecule has 2 N–H and O–H groups in total. The molecule has 0 aliphatic carbocycles. The Balaban J connectivity index is 2.01. The van der Waals surface area contributed by atoms with Crippen LogP contribution in [0.4, 0.5) is 0 Å². The topological polar surface area (TPSA) is 99.2 Å². The van der Waals surface area contributed by atoms with Crippen LogP contribution in [0.5, 0.6) is 0 Å². The standard InChI is InChI=1S/C13H12N4O3/c18-12(10-7-14-16-15-10)17-6-5-8-3-1-2-4-9(8)11(17)13(19)20/h1-4,7,11H,5-6H2,(H,19,20)(H,14,15,16). The molecule has 20 heavy (non-hydrogen) atoms. The number of carbonyl (C=O) groups excluding carboxylic acids is 1. The lowest BCUT2D eigenvalue weighted by molar-refractivity contribution is -0.143. The zero-order valence-corrected chi connectivity index (χ0v) is 10.5. The zero-order valence-electron chi connectivity index (χ0n) is 10.5.